The molecule has 0 bridgehead atoms. The number of nitriles is 1. The fourth-order valence-corrected chi connectivity index (χ4v) is 2.81. The molecule has 0 fully saturated rings. The first-order valence-corrected chi connectivity index (χ1v) is 9.04. The van der Waals surface area contributed by atoms with E-state index in [-0.39, 0.29) is 5.91 Å². The third kappa shape index (κ3) is 4.79. The highest BCUT2D eigenvalue weighted by atomic mass is 16.1. The van der Waals surface area contributed by atoms with Crippen LogP contribution in [0, 0.1) is 11.3 Å². The van der Waals surface area contributed by atoms with Crippen LogP contribution in [0.4, 0.5) is 11.5 Å². The van der Waals surface area contributed by atoms with Gasteiger partial charge < -0.3 is 10.6 Å². The lowest BCUT2D eigenvalue weighted by atomic mass is 10.0. The summed E-state index contributed by atoms with van der Waals surface area (Å²) in [5, 5.41) is 24.1. The van der Waals surface area contributed by atoms with Gasteiger partial charge in [-0.1, -0.05) is 32.9 Å². The zero-order chi connectivity index (χ0) is 18.9. The monoisotopic (exact) mass is 351 g/mol. The minimum atomic E-state index is 0.0120. The number of hydrogen-bond donors (Lipinski definition) is 2. The molecule has 2 N–H and O–H groups in total. The highest BCUT2D eigenvalue weighted by Gasteiger charge is 2.14. The van der Waals surface area contributed by atoms with Crippen molar-refractivity contribution < 1.29 is 4.79 Å². The summed E-state index contributed by atoms with van der Waals surface area (Å²) >= 11 is 0. The van der Waals surface area contributed by atoms with Gasteiger partial charge in [0.1, 0.15) is 11.6 Å². The molecule has 26 heavy (non-hydrogen) atoms. The topological polar surface area (TPSA) is 90.7 Å². The summed E-state index contributed by atoms with van der Waals surface area (Å²) in [6.07, 6.45) is 2.82. The minimum absolute atomic E-state index is 0.0120. The second kappa shape index (κ2) is 9.52. The maximum atomic E-state index is 11.7. The Bertz CT molecular complexity index is 810. The summed E-state index contributed by atoms with van der Waals surface area (Å²) in [5.41, 5.74) is 4.14. The average Bonchev–Trinajstić information content (AvgIpc) is 2.65. The van der Waals surface area contributed by atoms with E-state index in [1.54, 1.807) is 0 Å². The number of carbonyl (C=O) groups is 1. The fourth-order valence-electron chi connectivity index (χ4n) is 2.81. The molecular weight excluding hydrogens is 326 g/mol. The summed E-state index contributed by atoms with van der Waals surface area (Å²) in [7, 11) is 0. The molecule has 0 aliphatic heterocycles. The predicted octanol–water partition coefficient (Wildman–Crippen LogP) is 3.82. The van der Waals surface area contributed by atoms with Crippen molar-refractivity contribution in [3.8, 4) is 6.07 Å². The number of carbonyl (C=O) groups excluding carboxylic acids is 1. The van der Waals surface area contributed by atoms with Crippen LogP contribution in [-0.2, 0) is 24.2 Å². The molecule has 0 atom stereocenters. The van der Waals surface area contributed by atoms with Gasteiger partial charge in [-0.25, -0.2) is 0 Å². The molecule has 0 radical (unpaired) electrons. The molecule has 2 rings (SSSR count). The lowest BCUT2D eigenvalue weighted by Crippen LogP contribution is -2.12. The Labute approximate surface area is 154 Å². The van der Waals surface area contributed by atoms with Gasteiger partial charge in [0.25, 0.3) is 0 Å². The van der Waals surface area contributed by atoms with E-state index in [2.05, 4.69) is 26.9 Å². The van der Waals surface area contributed by atoms with Crippen LogP contribution < -0.4 is 10.6 Å². The van der Waals surface area contributed by atoms with Crippen LogP contribution in [0.15, 0.2) is 24.3 Å². The van der Waals surface area contributed by atoms with Gasteiger partial charge in [-0.3, -0.25) is 4.79 Å². The molecule has 0 saturated heterocycles. The fraction of sp³-hybridized carbons (Fsp3) is 0.400. The third-order valence-corrected chi connectivity index (χ3v) is 4.11. The average molecular weight is 351 g/mol. The maximum absolute atomic E-state index is 11.7. The minimum Gasteiger partial charge on any atom is -0.363 e. The van der Waals surface area contributed by atoms with Crippen LogP contribution in [0.1, 0.15) is 56.0 Å². The number of rotatable bonds is 8. The largest absolute Gasteiger partial charge is 0.363 e. The summed E-state index contributed by atoms with van der Waals surface area (Å²) < 4.78 is 0. The molecule has 1 heterocycles. The smallest absolute Gasteiger partial charge is 0.224 e. The Morgan fingerprint density at radius 2 is 2.00 bits per heavy atom. The van der Waals surface area contributed by atoms with Crippen LogP contribution in [0.25, 0.3) is 0 Å². The SMILES string of the molecule is CCCC(=O)Nc1cccc(CNc2nnc(CC)c(CC)c2C#N)c1. The van der Waals surface area contributed by atoms with Crippen molar-refractivity contribution in [1.29, 1.82) is 5.26 Å². The van der Waals surface area contributed by atoms with Crippen LogP contribution in [0.5, 0.6) is 0 Å². The second-order valence-corrected chi connectivity index (χ2v) is 6.02. The number of benzene rings is 1. The number of amides is 1. The summed E-state index contributed by atoms with van der Waals surface area (Å²) in [6.45, 7) is 6.50. The van der Waals surface area contributed by atoms with Crippen LogP contribution in [-0.4, -0.2) is 16.1 Å². The molecule has 6 nitrogen and oxygen atoms in total. The first kappa shape index (κ1) is 19.4. The normalized spacial score (nSPS) is 10.2. The van der Waals surface area contributed by atoms with Crippen molar-refractivity contribution in [3.05, 3.63) is 46.6 Å². The molecular formula is C20H25N5O. The van der Waals surface area contributed by atoms with E-state index >= 15 is 0 Å². The van der Waals surface area contributed by atoms with Crippen molar-refractivity contribution in [2.75, 3.05) is 10.6 Å². The predicted molar refractivity (Wildman–Crippen MR) is 103 cm³/mol. The van der Waals surface area contributed by atoms with Gasteiger partial charge in [0.05, 0.1) is 5.69 Å². The quantitative estimate of drug-likeness (QED) is 0.754. The van der Waals surface area contributed by atoms with Crippen molar-refractivity contribution in [2.24, 2.45) is 0 Å². The zero-order valence-corrected chi connectivity index (χ0v) is 15.6. The molecule has 1 aromatic carbocycles. The van der Waals surface area contributed by atoms with Crippen LogP contribution in [0.2, 0.25) is 0 Å². The number of aryl methyl sites for hydroxylation is 1. The Morgan fingerprint density at radius 1 is 1.19 bits per heavy atom. The third-order valence-electron chi connectivity index (χ3n) is 4.11. The van der Waals surface area contributed by atoms with Crippen molar-refractivity contribution in [2.45, 2.75) is 53.0 Å². The van der Waals surface area contributed by atoms with Gasteiger partial charge in [0.15, 0.2) is 5.82 Å². The van der Waals surface area contributed by atoms with Gasteiger partial charge in [-0.05, 0) is 42.5 Å². The Balaban J connectivity index is 2.14. The van der Waals surface area contributed by atoms with E-state index < -0.39 is 0 Å². The molecule has 136 valence electrons. The highest BCUT2D eigenvalue weighted by molar-refractivity contribution is 5.90. The molecule has 0 unspecified atom stereocenters. The molecule has 2 aromatic rings. The molecule has 0 aliphatic rings. The molecule has 6 heteroatoms. The first-order chi connectivity index (χ1) is 12.6. The van der Waals surface area contributed by atoms with Gasteiger partial charge >= 0.3 is 0 Å². The van der Waals surface area contributed by atoms with Crippen LogP contribution in [0.3, 0.4) is 0 Å². The number of aromatic nitrogens is 2. The number of nitrogens with one attached hydrogen (secondary N) is 2. The van der Waals surface area contributed by atoms with E-state index in [0.29, 0.717) is 24.3 Å². The van der Waals surface area contributed by atoms with E-state index in [1.807, 2.05) is 45.0 Å². The van der Waals surface area contributed by atoms with Crippen LogP contribution >= 0.6 is 0 Å². The lowest BCUT2D eigenvalue weighted by Gasteiger charge is -2.12. The number of anilines is 2. The van der Waals surface area contributed by atoms with Crippen molar-refractivity contribution >= 4 is 17.4 Å². The molecule has 0 saturated carbocycles. The Kier molecular flexibility index (Phi) is 7.10. The first-order valence-electron chi connectivity index (χ1n) is 9.04. The maximum Gasteiger partial charge on any atom is 0.224 e. The summed E-state index contributed by atoms with van der Waals surface area (Å²) in [5.74, 6) is 0.514. The summed E-state index contributed by atoms with van der Waals surface area (Å²) in [6, 6.07) is 9.89. The van der Waals surface area contributed by atoms with Gasteiger partial charge in [-0.2, -0.15) is 10.4 Å². The van der Waals surface area contributed by atoms with Crippen molar-refractivity contribution in [3.63, 3.8) is 0 Å². The van der Waals surface area contributed by atoms with E-state index in [9.17, 15) is 10.1 Å². The standard InChI is InChI=1S/C20H25N5O/c1-4-8-19(26)23-15-10-7-9-14(11-15)13-22-20-17(12-21)16(5-2)18(6-3)24-25-20/h7,9-11H,4-6,8,13H2,1-3H3,(H,22,25)(H,23,26). The molecule has 0 spiro atoms. The number of nitrogens with zero attached hydrogens (tertiary/aromatic N) is 3. The second-order valence-electron chi connectivity index (χ2n) is 6.02. The summed E-state index contributed by atoms with van der Waals surface area (Å²) in [4.78, 5) is 11.7. The van der Waals surface area contributed by atoms with Crippen molar-refractivity contribution in [1.82, 2.24) is 10.2 Å². The van der Waals surface area contributed by atoms with Gasteiger partial charge in [0, 0.05) is 18.7 Å². The Hall–Kier alpha value is -2.94. The van der Waals surface area contributed by atoms with Gasteiger partial charge in [0.2, 0.25) is 5.91 Å². The van der Waals surface area contributed by atoms with E-state index in [0.717, 1.165) is 41.8 Å². The number of hydrogen-bond acceptors (Lipinski definition) is 5. The Morgan fingerprint density at radius 3 is 2.65 bits per heavy atom. The highest BCUT2D eigenvalue weighted by Crippen LogP contribution is 2.21. The van der Waals surface area contributed by atoms with Gasteiger partial charge in [-0.15, -0.1) is 5.10 Å². The molecule has 0 aliphatic carbocycles. The van der Waals surface area contributed by atoms with E-state index in [4.69, 9.17) is 0 Å². The molecule has 1 amide bonds. The van der Waals surface area contributed by atoms with E-state index in [1.165, 1.54) is 0 Å². The molecule has 1 aromatic heterocycles. The zero-order valence-electron chi connectivity index (χ0n) is 15.6. The lowest BCUT2D eigenvalue weighted by molar-refractivity contribution is -0.116.